The van der Waals surface area contributed by atoms with E-state index in [1.807, 2.05) is 54.6 Å². The van der Waals surface area contributed by atoms with Crippen molar-refractivity contribution >= 4 is 17.5 Å². The minimum atomic E-state index is -0.882. The van der Waals surface area contributed by atoms with Gasteiger partial charge in [0.25, 0.3) is 11.8 Å². The molecule has 2 N–H and O–H groups in total. The number of anilines is 1. The fourth-order valence-corrected chi connectivity index (χ4v) is 3.26. The van der Waals surface area contributed by atoms with E-state index in [4.69, 9.17) is 10.5 Å². The van der Waals surface area contributed by atoms with Crippen molar-refractivity contribution in [3.05, 3.63) is 84.4 Å². The van der Waals surface area contributed by atoms with Crippen LogP contribution < -0.4 is 15.4 Å². The molecular weight excluding hydrogens is 340 g/mol. The largest absolute Gasteiger partial charge is 0.477 e. The summed E-state index contributed by atoms with van der Waals surface area (Å²) in [5.74, 6) is -0.326. The van der Waals surface area contributed by atoms with Gasteiger partial charge < -0.3 is 15.4 Å². The van der Waals surface area contributed by atoms with E-state index in [1.54, 1.807) is 29.2 Å². The molecule has 0 aromatic heterocycles. The second-order valence-electron chi connectivity index (χ2n) is 6.30. The Bertz CT molecular complexity index is 1000. The van der Waals surface area contributed by atoms with Crippen LogP contribution in [0.25, 0.3) is 11.1 Å². The number of rotatable bonds is 3. The molecule has 5 heteroatoms. The highest BCUT2D eigenvalue weighted by atomic mass is 16.5. The second-order valence-corrected chi connectivity index (χ2v) is 6.30. The number of ether oxygens (including phenoxy) is 1. The molecule has 27 heavy (non-hydrogen) atoms. The average Bonchev–Trinajstić information content (AvgIpc) is 2.73. The molecule has 1 unspecified atom stereocenters. The van der Waals surface area contributed by atoms with Crippen LogP contribution in [0, 0.1) is 0 Å². The number of para-hydroxylation sites is 2. The van der Waals surface area contributed by atoms with Crippen LogP contribution in [0.3, 0.4) is 0 Å². The zero-order valence-electron chi connectivity index (χ0n) is 14.5. The minimum absolute atomic E-state index is 0.0777. The van der Waals surface area contributed by atoms with E-state index in [-0.39, 0.29) is 12.5 Å². The molecule has 3 aromatic rings. The minimum Gasteiger partial charge on any atom is -0.477 e. The van der Waals surface area contributed by atoms with E-state index in [9.17, 15) is 9.59 Å². The lowest BCUT2D eigenvalue weighted by molar-refractivity contribution is -0.124. The lowest BCUT2D eigenvalue weighted by Crippen LogP contribution is -2.49. The van der Waals surface area contributed by atoms with Gasteiger partial charge in [-0.05, 0) is 29.3 Å². The Labute approximate surface area is 157 Å². The Morgan fingerprint density at radius 3 is 2.33 bits per heavy atom. The summed E-state index contributed by atoms with van der Waals surface area (Å²) in [6.45, 7) is 0.0777. The summed E-state index contributed by atoms with van der Waals surface area (Å²) in [6.07, 6.45) is -0.882. The molecule has 0 aliphatic carbocycles. The van der Waals surface area contributed by atoms with E-state index in [0.717, 1.165) is 11.1 Å². The van der Waals surface area contributed by atoms with Crippen molar-refractivity contribution in [2.75, 3.05) is 11.4 Å². The lowest BCUT2D eigenvalue weighted by Gasteiger charge is -2.33. The van der Waals surface area contributed by atoms with E-state index in [1.165, 1.54) is 0 Å². The number of benzene rings is 3. The van der Waals surface area contributed by atoms with Crippen molar-refractivity contribution in [1.29, 1.82) is 0 Å². The van der Waals surface area contributed by atoms with Crippen LogP contribution in [0.15, 0.2) is 78.9 Å². The number of primary amides is 1. The van der Waals surface area contributed by atoms with Gasteiger partial charge in [-0.15, -0.1) is 0 Å². The highest BCUT2D eigenvalue weighted by Gasteiger charge is 2.33. The third-order valence-corrected chi connectivity index (χ3v) is 4.58. The summed E-state index contributed by atoms with van der Waals surface area (Å²) in [4.78, 5) is 26.7. The molecule has 2 amide bonds. The first kappa shape index (κ1) is 16.8. The fourth-order valence-electron chi connectivity index (χ4n) is 3.26. The number of fused-ring (bicyclic) bond motifs is 1. The third-order valence-electron chi connectivity index (χ3n) is 4.58. The maximum atomic E-state index is 13.4. The van der Waals surface area contributed by atoms with Gasteiger partial charge in [-0.2, -0.15) is 0 Å². The molecule has 134 valence electrons. The number of nitrogens with zero attached hydrogens (tertiary/aromatic N) is 1. The maximum Gasteiger partial charge on any atom is 0.260 e. The second kappa shape index (κ2) is 6.96. The van der Waals surface area contributed by atoms with Gasteiger partial charge in [0, 0.05) is 5.56 Å². The maximum absolute atomic E-state index is 13.4. The van der Waals surface area contributed by atoms with Crippen LogP contribution in [-0.2, 0) is 4.79 Å². The molecule has 1 heterocycles. The first-order valence-electron chi connectivity index (χ1n) is 8.66. The van der Waals surface area contributed by atoms with Gasteiger partial charge in [0.15, 0.2) is 6.10 Å². The van der Waals surface area contributed by atoms with Crippen molar-refractivity contribution in [3.63, 3.8) is 0 Å². The molecule has 0 radical (unpaired) electrons. The molecule has 1 atom stereocenters. The van der Waals surface area contributed by atoms with Gasteiger partial charge in [-0.3, -0.25) is 9.59 Å². The zero-order chi connectivity index (χ0) is 18.8. The van der Waals surface area contributed by atoms with E-state index >= 15 is 0 Å². The number of carbonyl (C=O) groups excluding carboxylic acids is 2. The van der Waals surface area contributed by atoms with Crippen LogP contribution >= 0.6 is 0 Å². The fraction of sp³-hybridized carbons (Fsp3) is 0.0909. The smallest absolute Gasteiger partial charge is 0.260 e. The van der Waals surface area contributed by atoms with Crippen LogP contribution in [0.2, 0.25) is 0 Å². The molecule has 0 fully saturated rings. The Morgan fingerprint density at radius 1 is 0.889 bits per heavy atom. The predicted octanol–water partition coefficient (Wildman–Crippen LogP) is 3.25. The number of hydrogen-bond donors (Lipinski definition) is 1. The van der Waals surface area contributed by atoms with Crippen LogP contribution in [0.1, 0.15) is 10.4 Å². The normalized spacial score (nSPS) is 15.6. The number of nitrogens with two attached hydrogens (primary N) is 1. The van der Waals surface area contributed by atoms with Crippen molar-refractivity contribution in [2.45, 2.75) is 6.10 Å². The summed E-state index contributed by atoms with van der Waals surface area (Å²) in [5, 5.41) is 0. The monoisotopic (exact) mass is 358 g/mol. The standard InChI is InChI=1S/C22H18N2O3/c23-21(25)20-14-24(18-12-6-7-13-19(18)27-20)22(26)17-11-5-4-10-16(17)15-8-2-1-3-9-15/h1-13,20H,14H2,(H2,23,25). The molecule has 0 bridgehead atoms. The summed E-state index contributed by atoms with van der Waals surface area (Å²) < 4.78 is 5.66. The molecule has 0 saturated carbocycles. The molecule has 1 aliphatic heterocycles. The Kier molecular flexibility index (Phi) is 4.34. The summed E-state index contributed by atoms with van der Waals surface area (Å²) >= 11 is 0. The van der Waals surface area contributed by atoms with Crippen molar-refractivity contribution in [2.24, 2.45) is 5.73 Å². The summed E-state index contributed by atoms with van der Waals surface area (Å²) in [5.41, 5.74) is 8.42. The molecule has 1 aliphatic rings. The van der Waals surface area contributed by atoms with E-state index < -0.39 is 12.0 Å². The van der Waals surface area contributed by atoms with E-state index in [0.29, 0.717) is 17.0 Å². The molecule has 3 aromatic carbocycles. The zero-order valence-corrected chi connectivity index (χ0v) is 14.5. The topological polar surface area (TPSA) is 72.6 Å². The van der Waals surface area contributed by atoms with Crippen molar-refractivity contribution < 1.29 is 14.3 Å². The van der Waals surface area contributed by atoms with Crippen molar-refractivity contribution in [3.8, 4) is 16.9 Å². The molecular formula is C22H18N2O3. The summed E-state index contributed by atoms with van der Waals surface area (Å²) in [7, 11) is 0. The van der Waals surface area contributed by atoms with Gasteiger partial charge in [0.1, 0.15) is 5.75 Å². The van der Waals surface area contributed by atoms with E-state index in [2.05, 4.69) is 0 Å². The lowest BCUT2D eigenvalue weighted by atomic mass is 9.98. The molecule has 0 spiro atoms. The quantitative estimate of drug-likeness (QED) is 0.781. The van der Waals surface area contributed by atoms with Gasteiger partial charge in [0.2, 0.25) is 0 Å². The Balaban J connectivity index is 1.79. The molecule has 4 rings (SSSR count). The number of hydrogen-bond acceptors (Lipinski definition) is 3. The van der Waals surface area contributed by atoms with Gasteiger partial charge >= 0.3 is 0 Å². The highest BCUT2D eigenvalue weighted by Crippen LogP contribution is 2.35. The van der Waals surface area contributed by atoms with Crippen molar-refractivity contribution in [1.82, 2.24) is 0 Å². The van der Waals surface area contributed by atoms with Gasteiger partial charge in [-0.1, -0.05) is 60.7 Å². The Hall–Kier alpha value is -3.60. The van der Waals surface area contributed by atoms with Crippen LogP contribution in [-0.4, -0.2) is 24.5 Å². The van der Waals surface area contributed by atoms with Crippen LogP contribution in [0.5, 0.6) is 5.75 Å². The highest BCUT2D eigenvalue weighted by molar-refractivity contribution is 6.11. The number of amides is 2. The first-order chi connectivity index (χ1) is 13.1. The average molecular weight is 358 g/mol. The SMILES string of the molecule is NC(=O)C1CN(C(=O)c2ccccc2-c2ccccc2)c2ccccc2O1. The number of carbonyl (C=O) groups is 2. The third kappa shape index (κ3) is 3.15. The molecule has 5 nitrogen and oxygen atoms in total. The Morgan fingerprint density at radius 2 is 1.56 bits per heavy atom. The van der Waals surface area contributed by atoms with Gasteiger partial charge in [-0.25, -0.2) is 0 Å². The summed E-state index contributed by atoms with van der Waals surface area (Å²) in [6, 6.07) is 24.3. The van der Waals surface area contributed by atoms with Crippen LogP contribution in [0.4, 0.5) is 5.69 Å². The predicted molar refractivity (Wildman–Crippen MR) is 104 cm³/mol. The molecule has 0 saturated heterocycles. The first-order valence-corrected chi connectivity index (χ1v) is 8.66. The van der Waals surface area contributed by atoms with Gasteiger partial charge in [0.05, 0.1) is 12.2 Å².